The van der Waals surface area contributed by atoms with Gasteiger partial charge in [0.25, 0.3) is 0 Å². The van der Waals surface area contributed by atoms with Gasteiger partial charge in [-0.1, -0.05) is 36.4 Å². The van der Waals surface area contributed by atoms with Gasteiger partial charge in [0.2, 0.25) is 15.9 Å². The summed E-state index contributed by atoms with van der Waals surface area (Å²) in [5.41, 5.74) is 6.03. The normalized spacial score (nSPS) is 17.5. The fraction of sp³-hybridized carbons (Fsp3) is 0.263. The summed E-state index contributed by atoms with van der Waals surface area (Å²) in [6.45, 7) is 0.548. The smallest absolute Gasteiger partial charge is 0.243 e. The summed E-state index contributed by atoms with van der Waals surface area (Å²) in [6, 6.07) is 17.6. The molecule has 3 rings (SSSR count). The van der Waals surface area contributed by atoms with Crippen molar-refractivity contribution in [3.8, 4) is 0 Å². The largest absolute Gasteiger partial charge is 0.331 e. The van der Waals surface area contributed by atoms with Crippen molar-refractivity contribution in [2.24, 2.45) is 5.92 Å². The van der Waals surface area contributed by atoms with Crippen molar-refractivity contribution < 1.29 is 13.2 Å². The van der Waals surface area contributed by atoms with Crippen LogP contribution < -0.4 is 16.2 Å². The number of carbonyl (C=O) groups excluding carboxylic acids is 1. The second kappa shape index (κ2) is 9.13. The van der Waals surface area contributed by atoms with Gasteiger partial charge in [-0.15, -0.1) is 0 Å². The first-order chi connectivity index (χ1) is 13.5. The van der Waals surface area contributed by atoms with Crippen LogP contribution in [0.15, 0.2) is 65.6 Å². The lowest BCUT2D eigenvalue weighted by molar-refractivity contribution is -0.126. The lowest BCUT2D eigenvalue weighted by Crippen LogP contribution is -2.50. The van der Waals surface area contributed by atoms with Gasteiger partial charge in [-0.05, 0) is 49.3 Å². The monoisotopic (exact) mass is 418 g/mol. The number of hydrazine groups is 1. The van der Waals surface area contributed by atoms with Crippen LogP contribution in [0.3, 0.4) is 0 Å². The maximum Gasteiger partial charge on any atom is 0.243 e. The molecule has 1 fully saturated rings. The summed E-state index contributed by atoms with van der Waals surface area (Å²) >= 11 is 5.16. The zero-order chi connectivity index (χ0) is 20.0. The molecule has 0 radical (unpaired) electrons. The van der Waals surface area contributed by atoms with Crippen LogP contribution in [0.2, 0.25) is 0 Å². The molecule has 148 valence electrons. The average molecular weight is 419 g/mol. The van der Waals surface area contributed by atoms with E-state index in [0.717, 1.165) is 5.69 Å². The van der Waals surface area contributed by atoms with Crippen LogP contribution >= 0.6 is 12.2 Å². The fourth-order valence-electron chi connectivity index (χ4n) is 3.02. The van der Waals surface area contributed by atoms with Crippen LogP contribution in [0.25, 0.3) is 0 Å². The van der Waals surface area contributed by atoms with Crippen molar-refractivity contribution in [2.45, 2.75) is 17.7 Å². The maximum absolute atomic E-state index is 12.8. The third kappa shape index (κ3) is 5.06. The second-order valence-electron chi connectivity index (χ2n) is 6.45. The minimum atomic E-state index is -3.61. The maximum atomic E-state index is 12.8. The van der Waals surface area contributed by atoms with Gasteiger partial charge in [0.05, 0.1) is 10.8 Å². The highest BCUT2D eigenvalue weighted by Gasteiger charge is 2.33. The van der Waals surface area contributed by atoms with E-state index >= 15 is 0 Å². The summed E-state index contributed by atoms with van der Waals surface area (Å²) in [6.07, 6.45) is 1.24. The summed E-state index contributed by atoms with van der Waals surface area (Å²) in [5, 5.41) is 3.21. The molecule has 1 amide bonds. The van der Waals surface area contributed by atoms with Crippen LogP contribution in [0.5, 0.6) is 0 Å². The Hall–Kier alpha value is -2.49. The van der Waals surface area contributed by atoms with E-state index in [2.05, 4.69) is 16.2 Å². The molecule has 0 aliphatic carbocycles. The zero-order valence-corrected chi connectivity index (χ0v) is 16.8. The predicted molar refractivity (Wildman–Crippen MR) is 112 cm³/mol. The number of amides is 1. The first kappa shape index (κ1) is 20.2. The van der Waals surface area contributed by atoms with Gasteiger partial charge in [-0.2, -0.15) is 4.31 Å². The first-order valence-corrected chi connectivity index (χ1v) is 10.8. The molecule has 1 aliphatic heterocycles. The van der Waals surface area contributed by atoms with Gasteiger partial charge in [-0.3, -0.25) is 15.6 Å². The van der Waals surface area contributed by atoms with Crippen LogP contribution in [0.4, 0.5) is 5.69 Å². The van der Waals surface area contributed by atoms with Crippen molar-refractivity contribution in [3.63, 3.8) is 0 Å². The van der Waals surface area contributed by atoms with Crippen LogP contribution in [0, 0.1) is 5.92 Å². The topological polar surface area (TPSA) is 90.5 Å². The Labute approximate surface area is 170 Å². The Morgan fingerprint density at radius 3 is 2.32 bits per heavy atom. The zero-order valence-electron chi connectivity index (χ0n) is 15.2. The Morgan fingerprint density at radius 1 is 1.00 bits per heavy atom. The minimum absolute atomic E-state index is 0.142. The SMILES string of the molecule is O=C(NNC(=S)Nc1ccccc1)[C@@H]1CCCN(S(=O)(=O)c2ccccc2)C1. The molecule has 1 heterocycles. The number of carbonyl (C=O) groups is 1. The van der Waals surface area contributed by atoms with E-state index in [0.29, 0.717) is 19.4 Å². The van der Waals surface area contributed by atoms with Crippen LogP contribution in [0.1, 0.15) is 12.8 Å². The molecule has 1 aliphatic rings. The number of anilines is 1. The molecule has 0 aromatic heterocycles. The Kier molecular flexibility index (Phi) is 6.61. The minimum Gasteiger partial charge on any atom is -0.331 e. The number of sulfonamides is 1. The second-order valence-corrected chi connectivity index (χ2v) is 8.80. The number of hydrogen-bond acceptors (Lipinski definition) is 4. The molecule has 0 bridgehead atoms. The summed E-state index contributed by atoms with van der Waals surface area (Å²) in [4.78, 5) is 12.7. The van der Waals surface area contributed by atoms with Gasteiger partial charge < -0.3 is 5.32 Å². The molecule has 2 aromatic carbocycles. The Balaban J connectivity index is 1.55. The molecule has 0 saturated carbocycles. The summed E-state index contributed by atoms with van der Waals surface area (Å²) < 4.78 is 26.9. The number of nitrogens with zero attached hydrogens (tertiary/aromatic N) is 1. The van der Waals surface area contributed by atoms with Crippen LogP contribution in [-0.4, -0.2) is 36.8 Å². The molecule has 7 nitrogen and oxygen atoms in total. The van der Waals surface area contributed by atoms with E-state index in [4.69, 9.17) is 12.2 Å². The standard InChI is InChI=1S/C19H22N4O3S2/c24-18(21-22-19(27)20-16-9-3-1-4-10-16)15-8-7-13-23(14-15)28(25,26)17-11-5-2-6-12-17/h1-6,9-12,15H,7-8,13-14H2,(H,21,24)(H2,20,22,27)/t15-/m1/s1. The molecule has 0 unspecified atom stereocenters. The number of rotatable bonds is 4. The summed E-state index contributed by atoms with van der Waals surface area (Å²) in [5.74, 6) is -0.732. The van der Waals surface area contributed by atoms with Crippen molar-refractivity contribution in [1.29, 1.82) is 0 Å². The summed E-state index contributed by atoms with van der Waals surface area (Å²) in [7, 11) is -3.61. The number of para-hydroxylation sites is 1. The van der Waals surface area contributed by atoms with Gasteiger partial charge in [0.15, 0.2) is 5.11 Å². The van der Waals surface area contributed by atoms with Crippen molar-refractivity contribution in [1.82, 2.24) is 15.2 Å². The predicted octanol–water partition coefficient (Wildman–Crippen LogP) is 2.11. The third-order valence-electron chi connectivity index (χ3n) is 4.47. The first-order valence-electron chi connectivity index (χ1n) is 8.94. The van der Waals surface area contributed by atoms with Crippen molar-refractivity contribution >= 4 is 38.9 Å². The number of thiocarbonyl (C=S) groups is 1. The highest BCUT2D eigenvalue weighted by atomic mass is 32.2. The lowest BCUT2D eigenvalue weighted by Gasteiger charge is -2.31. The van der Waals surface area contributed by atoms with Gasteiger partial charge in [0.1, 0.15) is 0 Å². The van der Waals surface area contributed by atoms with Crippen LogP contribution in [-0.2, 0) is 14.8 Å². The lowest BCUT2D eigenvalue weighted by atomic mass is 9.99. The molecule has 2 aromatic rings. The number of piperidine rings is 1. The highest BCUT2D eigenvalue weighted by Crippen LogP contribution is 2.23. The highest BCUT2D eigenvalue weighted by molar-refractivity contribution is 7.89. The molecule has 1 saturated heterocycles. The van der Waals surface area contributed by atoms with E-state index in [1.165, 1.54) is 4.31 Å². The molecule has 9 heteroatoms. The molecule has 1 atom stereocenters. The van der Waals surface area contributed by atoms with Crippen molar-refractivity contribution in [2.75, 3.05) is 18.4 Å². The molecule has 28 heavy (non-hydrogen) atoms. The van der Waals surface area contributed by atoms with Gasteiger partial charge in [0, 0.05) is 18.8 Å². The number of nitrogens with one attached hydrogen (secondary N) is 3. The molecule has 0 spiro atoms. The van der Waals surface area contributed by atoms with E-state index in [-0.39, 0.29) is 22.5 Å². The Morgan fingerprint density at radius 2 is 1.64 bits per heavy atom. The average Bonchev–Trinajstić information content (AvgIpc) is 2.73. The number of hydrogen-bond donors (Lipinski definition) is 3. The van der Waals surface area contributed by atoms with E-state index in [9.17, 15) is 13.2 Å². The molecule has 3 N–H and O–H groups in total. The third-order valence-corrected chi connectivity index (χ3v) is 6.55. The van der Waals surface area contributed by atoms with E-state index in [1.54, 1.807) is 30.3 Å². The van der Waals surface area contributed by atoms with E-state index in [1.807, 2.05) is 30.3 Å². The molecular formula is C19H22N4O3S2. The molecular weight excluding hydrogens is 396 g/mol. The van der Waals surface area contributed by atoms with Gasteiger partial charge >= 0.3 is 0 Å². The number of benzene rings is 2. The fourth-order valence-corrected chi connectivity index (χ4v) is 4.73. The van der Waals surface area contributed by atoms with Gasteiger partial charge in [-0.25, -0.2) is 8.42 Å². The van der Waals surface area contributed by atoms with Crippen molar-refractivity contribution in [3.05, 3.63) is 60.7 Å². The quantitative estimate of drug-likeness (QED) is 0.520. The Bertz CT molecular complexity index is 921. The van der Waals surface area contributed by atoms with E-state index < -0.39 is 15.9 Å².